The Kier molecular flexibility index (Phi) is 3.97. The highest BCUT2D eigenvalue weighted by Crippen LogP contribution is 2.30. The predicted molar refractivity (Wildman–Crippen MR) is 67.4 cm³/mol. The summed E-state index contributed by atoms with van der Waals surface area (Å²) in [6, 6.07) is 15.1. The van der Waals surface area contributed by atoms with E-state index in [4.69, 9.17) is 0 Å². The van der Waals surface area contributed by atoms with E-state index in [1.807, 2.05) is 30.3 Å². The Labute approximate surface area is 108 Å². The van der Waals surface area contributed by atoms with E-state index in [1.165, 1.54) is 12.1 Å². The molecule has 0 radical (unpaired) electrons. The molecule has 0 atom stereocenters. The van der Waals surface area contributed by atoms with Crippen LogP contribution in [-0.2, 0) is 11.9 Å². The van der Waals surface area contributed by atoms with E-state index >= 15 is 0 Å². The highest BCUT2D eigenvalue weighted by molar-refractivity contribution is 7.98. The normalized spacial score (nSPS) is 11.5. The summed E-state index contributed by atoms with van der Waals surface area (Å²) in [6.45, 7) is 0. The second-order valence-corrected chi connectivity index (χ2v) is 4.85. The van der Waals surface area contributed by atoms with E-state index in [2.05, 4.69) is 0 Å². The van der Waals surface area contributed by atoms with Crippen LogP contribution >= 0.6 is 11.8 Å². The summed E-state index contributed by atoms with van der Waals surface area (Å²) in [7, 11) is 0. The van der Waals surface area contributed by atoms with Gasteiger partial charge in [-0.25, -0.2) is 0 Å². The monoisotopic (exact) mass is 268 g/mol. The van der Waals surface area contributed by atoms with Gasteiger partial charge in [-0.1, -0.05) is 30.3 Å². The summed E-state index contributed by atoms with van der Waals surface area (Å²) in [5.74, 6) is 0.669. The first-order valence-electron chi connectivity index (χ1n) is 5.40. The molecule has 0 amide bonds. The van der Waals surface area contributed by atoms with Crippen molar-refractivity contribution >= 4 is 11.8 Å². The van der Waals surface area contributed by atoms with Crippen molar-refractivity contribution in [1.29, 1.82) is 0 Å². The van der Waals surface area contributed by atoms with Crippen molar-refractivity contribution in [2.24, 2.45) is 0 Å². The Morgan fingerprint density at radius 2 is 1.44 bits per heavy atom. The molecule has 0 aromatic heterocycles. The van der Waals surface area contributed by atoms with Gasteiger partial charge in [0.05, 0.1) is 5.56 Å². The predicted octanol–water partition coefficient (Wildman–Crippen LogP) is 5.00. The van der Waals surface area contributed by atoms with Gasteiger partial charge in [-0.05, 0) is 29.8 Å². The van der Waals surface area contributed by atoms with Crippen LogP contribution in [0.15, 0.2) is 59.5 Å². The van der Waals surface area contributed by atoms with Gasteiger partial charge in [0.15, 0.2) is 0 Å². The standard InChI is InChI=1S/C14H11F3S/c15-14(16,17)12-8-6-11(7-9-12)10-18-13-4-2-1-3-5-13/h1-9H,10H2. The number of thioether (sulfide) groups is 1. The zero-order valence-electron chi connectivity index (χ0n) is 9.45. The second-order valence-electron chi connectivity index (χ2n) is 3.80. The minimum absolute atomic E-state index is 0.601. The van der Waals surface area contributed by atoms with E-state index < -0.39 is 11.7 Å². The molecule has 0 saturated heterocycles. The quantitative estimate of drug-likeness (QED) is 0.706. The molecule has 0 aliphatic heterocycles. The highest BCUT2D eigenvalue weighted by Gasteiger charge is 2.29. The second kappa shape index (κ2) is 5.48. The zero-order valence-corrected chi connectivity index (χ0v) is 10.3. The molecule has 0 N–H and O–H groups in total. The van der Waals surface area contributed by atoms with Gasteiger partial charge in [-0.15, -0.1) is 11.8 Å². The third kappa shape index (κ3) is 3.53. The van der Waals surface area contributed by atoms with Crippen molar-refractivity contribution < 1.29 is 13.2 Å². The fraction of sp³-hybridized carbons (Fsp3) is 0.143. The van der Waals surface area contributed by atoms with Crippen molar-refractivity contribution in [3.8, 4) is 0 Å². The first kappa shape index (κ1) is 13.0. The summed E-state index contributed by atoms with van der Waals surface area (Å²) in [4.78, 5) is 1.11. The van der Waals surface area contributed by atoms with Crippen LogP contribution in [0, 0.1) is 0 Å². The Morgan fingerprint density at radius 3 is 2.00 bits per heavy atom. The number of alkyl halides is 3. The smallest absolute Gasteiger partial charge is 0.166 e. The molecular formula is C14H11F3S. The van der Waals surface area contributed by atoms with Crippen molar-refractivity contribution in [3.05, 3.63) is 65.7 Å². The van der Waals surface area contributed by atoms with Crippen LogP contribution in [0.1, 0.15) is 11.1 Å². The van der Waals surface area contributed by atoms with Gasteiger partial charge >= 0.3 is 6.18 Å². The number of halogens is 3. The van der Waals surface area contributed by atoms with Crippen LogP contribution < -0.4 is 0 Å². The molecule has 0 saturated carbocycles. The molecule has 0 aliphatic rings. The van der Waals surface area contributed by atoms with Crippen molar-refractivity contribution in [3.63, 3.8) is 0 Å². The minimum Gasteiger partial charge on any atom is -0.166 e. The van der Waals surface area contributed by atoms with Crippen LogP contribution in [0.25, 0.3) is 0 Å². The molecule has 4 heteroatoms. The van der Waals surface area contributed by atoms with Crippen molar-refractivity contribution in [1.82, 2.24) is 0 Å². The Bertz CT molecular complexity index is 489. The van der Waals surface area contributed by atoms with E-state index in [0.717, 1.165) is 22.6 Å². The molecule has 18 heavy (non-hydrogen) atoms. The van der Waals surface area contributed by atoms with Gasteiger partial charge in [0, 0.05) is 10.6 Å². The maximum absolute atomic E-state index is 12.4. The molecule has 0 fully saturated rings. The first-order chi connectivity index (χ1) is 8.55. The van der Waals surface area contributed by atoms with Crippen molar-refractivity contribution in [2.75, 3.05) is 0 Å². The van der Waals surface area contributed by atoms with E-state index in [0.29, 0.717) is 5.75 Å². The molecule has 2 rings (SSSR count). The highest BCUT2D eigenvalue weighted by atomic mass is 32.2. The van der Waals surface area contributed by atoms with Gasteiger partial charge in [0.1, 0.15) is 0 Å². The van der Waals surface area contributed by atoms with Crippen LogP contribution in [0.3, 0.4) is 0 Å². The number of hydrogen-bond donors (Lipinski definition) is 0. The van der Waals surface area contributed by atoms with Gasteiger partial charge in [0.2, 0.25) is 0 Å². The maximum Gasteiger partial charge on any atom is 0.416 e. The molecule has 0 spiro atoms. The van der Waals surface area contributed by atoms with Gasteiger partial charge in [-0.3, -0.25) is 0 Å². The minimum atomic E-state index is -4.26. The molecular weight excluding hydrogens is 257 g/mol. The lowest BCUT2D eigenvalue weighted by molar-refractivity contribution is -0.137. The van der Waals surface area contributed by atoms with E-state index in [1.54, 1.807) is 11.8 Å². The molecule has 0 unspecified atom stereocenters. The van der Waals surface area contributed by atoms with Crippen LogP contribution in [0.5, 0.6) is 0 Å². The zero-order chi connectivity index (χ0) is 13.0. The molecule has 0 heterocycles. The lowest BCUT2D eigenvalue weighted by Gasteiger charge is -2.07. The lowest BCUT2D eigenvalue weighted by Crippen LogP contribution is -2.04. The molecule has 0 aliphatic carbocycles. The van der Waals surface area contributed by atoms with Crippen LogP contribution in [-0.4, -0.2) is 0 Å². The fourth-order valence-corrected chi connectivity index (χ4v) is 2.35. The summed E-state index contributed by atoms with van der Waals surface area (Å²) in [5, 5.41) is 0. The average molecular weight is 268 g/mol. The van der Waals surface area contributed by atoms with Gasteiger partial charge in [-0.2, -0.15) is 13.2 Å². The van der Waals surface area contributed by atoms with E-state index in [9.17, 15) is 13.2 Å². The summed E-state index contributed by atoms with van der Waals surface area (Å²) in [6.07, 6.45) is -4.26. The lowest BCUT2D eigenvalue weighted by atomic mass is 10.1. The number of hydrogen-bond acceptors (Lipinski definition) is 1. The SMILES string of the molecule is FC(F)(F)c1ccc(CSc2ccccc2)cc1. The van der Waals surface area contributed by atoms with Crippen LogP contribution in [0.2, 0.25) is 0 Å². The van der Waals surface area contributed by atoms with Crippen molar-refractivity contribution in [2.45, 2.75) is 16.8 Å². The molecule has 0 nitrogen and oxygen atoms in total. The number of benzene rings is 2. The summed E-state index contributed by atoms with van der Waals surface area (Å²) < 4.78 is 37.1. The van der Waals surface area contributed by atoms with Gasteiger partial charge < -0.3 is 0 Å². The third-order valence-corrected chi connectivity index (χ3v) is 3.51. The topological polar surface area (TPSA) is 0 Å². The average Bonchev–Trinajstić information content (AvgIpc) is 2.37. The van der Waals surface area contributed by atoms with E-state index in [-0.39, 0.29) is 0 Å². The summed E-state index contributed by atoms with van der Waals surface area (Å²) in [5.41, 5.74) is 0.285. The number of rotatable bonds is 3. The Balaban J connectivity index is 1.99. The van der Waals surface area contributed by atoms with Crippen LogP contribution in [0.4, 0.5) is 13.2 Å². The maximum atomic E-state index is 12.4. The first-order valence-corrected chi connectivity index (χ1v) is 6.38. The fourth-order valence-electron chi connectivity index (χ4n) is 1.47. The Morgan fingerprint density at radius 1 is 0.833 bits per heavy atom. The molecule has 2 aromatic rings. The Hall–Kier alpha value is -1.42. The third-order valence-electron chi connectivity index (χ3n) is 2.43. The largest absolute Gasteiger partial charge is 0.416 e. The van der Waals surface area contributed by atoms with Gasteiger partial charge in [0.25, 0.3) is 0 Å². The molecule has 0 bridgehead atoms. The molecule has 2 aromatic carbocycles. The molecule has 94 valence electrons. The summed E-state index contributed by atoms with van der Waals surface area (Å²) >= 11 is 1.61.